The van der Waals surface area contributed by atoms with Crippen LogP contribution in [0.25, 0.3) is 11.0 Å². The van der Waals surface area contributed by atoms with Gasteiger partial charge in [-0.05, 0) is 37.1 Å². The van der Waals surface area contributed by atoms with E-state index < -0.39 is 0 Å². The van der Waals surface area contributed by atoms with E-state index in [2.05, 4.69) is 10.3 Å². The molecule has 4 rings (SSSR count). The highest BCUT2D eigenvalue weighted by Crippen LogP contribution is 2.24. The number of hydrogen-bond acceptors (Lipinski definition) is 3. The van der Waals surface area contributed by atoms with Crippen LogP contribution in [0.2, 0.25) is 0 Å². The molecule has 6 heteroatoms. The number of hydrogen-bond donors (Lipinski definition) is 2. The van der Waals surface area contributed by atoms with Gasteiger partial charge in [-0.2, -0.15) is 0 Å². The van der Waals surface area contributed by atoms with Crippen molar-refractivity contribution in [3.05, 3.63) is 65.1 Å². The fourth-order valence-electron chi connectivity index (χ4n) is 3.66. The molecule has 0 radical (unpaired) electrons. The Hall–Kier alpha value is -3.02. The Morgan fingerprint density at radius 2 is 1.73 bits per heavy atom. The summed E-state index contributed by atoms with van der Waals surface area (Å²) >= 11 is 0. The maximum Gasteiger partial charge on any atom is 0.326 e. The van der Waals surface area contributed by atoms with Crippen molar-refractivity contribution in [3.8, 4) is 0 Å². The Morgan fingerprint density at radius 3 is 2.50 bits per heavy atom. The lowest BCUT2D eigenvalue weighted by molar-refractivity contribution is -0.130. The van der Waals surface area contributed by atoms with Crippen molar-refractivity contribution in [2.45, 2.75) is 18.9 Å². The number of carbonyl (C=O) groups is 1. The number of likely N-dealkylation sites (tertiary alicyclic amines) is 1. The van der Waals surface area contributed by atoms with Crippen LogP contribution in [0.3, 0.4) is 0 Å². The van der Waals surface area contributed by atoms with Crippen molar-refractivity contribution >= 4 is 22.6 Å². The summed E-state index contributed by atoms with van der Waals surface area (Å²) in [5.41, 5.74) is 2.68. The SMILES string of the molecule is O=C(CNc1ccccc1)N1CCC(n2c(=O)[nH]c3ccccc32)CC1. The molecular formula is C20H22N4O2. The van der Waals surface area contributed by atoms with E-state index in [1.165, 1.54) is 0 Å². The Kier molecular flexibility index (Phi) is 4.48. The van der Waals surface area contributed by atoms with Gasteiger partial charge in [-0.25, -0.2) is 4.79 Å². The average Bonchev–Trinajstić information content (AvgIpc) is 3.03. The molecule has 2 aromatic carbocycles. The molecule has 1 aliphatic rings. The van der Waals surface area contributed by atoms with Crippen molar-refractivity contribution in [3.63, 3.8) is 0 Å². The number of para-hydroxylation sites is 3. The minimum Gasteiger partial charge on any atom is -0.376 e. The lowest BCUT2D eigenvalue weighted by atomic mass is 10.0. The monoisotopic (exact) mass is 350 g/mol. The van der Waals surface area contributed by atoms with E-state index in [4.69, 9.17) is 0 Å². The summed E-state index contributed by atoms with van der Waals surface area (Å²) in [4.78, 5) is 29.6. The first kappa shape index (κ1) is 16.4. The van der Waals surface area contributed by atoms with Crippen LogP contribution in [0.15, 0.2) is 59.4 Å². The Morgan fingerprint density at radius 1 is 1.04 bits per heavy atom. The molecule has 0 saturated carbocycles. The third kappa shape index (κ3) is 3.22. The molecular weight excluding hydrogens is 328 g/mol. The molecule has 6 nitrogen and oxygen atoms in total. The first-order chi connectivity index (χ1) is 12.7. The van der Waals surface area contributed by atoms with Crippen LogP contribution in [-0.2, 0) is 4.79 Å². The van der Waals surface area contributed by atoms with Crippen molar-refractivity contribution in [2.24, 2.45) is 0 Å². The molecule has 2 heterocycles. The van der Waals surface area contributed by atoms with Gasteiger partial charge in [-0.15, -0.1) is 0 Å². The zero-order valence-corrected chi connectivity index (χ0v) is 14.5. The largest absolute Gasteiger partial charge is 0.376 e. The number of rotatable bonds is 4. The number of benzene rings is 2. The van der Waals surface area contributed by atoms with Crippen LogP contribution >= 0.6 is 0 Å². The summed E-state index contributed by atoms with van der Waals surface area (Å²) in [5, 5.41) is 3.16. The molecule has 0 unspecified atom stereocenters. The fraction of sp³-hybridized carbons (Fsp3) is 0.300. The summed E-state index contributed by atoms with van der Waals surface area (Å²) in [6, 6.07) is 17.6. The molecule has 0 atom stereocenters. The smallest absolute Gasteiger partial charge is 0.326 e. The third-order valence-corrected chi connectivity index (χ3v) is 5.02. The van der Waals surface area contributed by atoms with Crippen LogP contribution in [0.5, 0.6) is 0 Å². The molecule has 1 saturated heterocycles. The topological polar surface area (TPSA) is 70.1 Å². The van der Waals surface area contributed by atoms with E-state index in [1.807, 2.05) is 64.1 Å². The van der Waals surface area contributed by atoms with Crippen LogP contribution in [0.1, 0.15) is 18.9 Å². The normalized spacial score (nSPS) is 15.3. The van der Waals surface area contributed by atoms with Crippen molar-refractivity contribution < 1.29 is 4.79 Å². The van der Waals surface area contributed by atoms with Gasteiger partial charge in [-0.3, -0.25) is 9.36 Å². The van der Waals surface area contributed by atoms with Crippen molar-refractivity contribution in [1.29, 1.82) is 0 Å². The molecule has 3 aromatic rings. The lowest BCUT2D eigenvalue weighted by Gasteiger charge is -2.32. The van der Waals surface area contributed by atoms with E-state index in [-0.39, 0.29) is 17.6 Å². The Labute approximate surface area is 151 Å². The number of aromatic amines is 1. The number of nitrogens with zero attached hydrogens (tertiary/aromatic N) is 2. The molecule has 1 aromatic heterocycles. The summed E-state index contributed by atoms with van der Waals surface area (Å²) in [6.45, 7) is 1.64. The quantitative estimate of drug-likeness (QED) is 0.760. The second kappa shape index (κ2) is 7.07. The highest BCUT2D eigenvalue weighted by molar-refractivity contribution is 5.81. The van der Waals surface area contributed by atoms with Gasteiger partial charge < -0.3 is 15.2 Å². The first-order valence-corrected chi connectivity index (χ1v) is 8.98. The summed E-state index contributed by atoms with van der Waals surface area (Å²) in [7, 11) is 0. The molecule has 134 valence electrons. The van der Waals surface area contributed by atoms with Gasteiger partial charge in [0, 0.05) is 24.8 Å². The van der Waals surface area contributed by atoms with Gasteiger partial charge in [0.25, 0.3) is 0 Å². The number of amides is 1. The number of imidazole rings is 1. The van der Waals surface area contributed by atoms with Gasteiger partial charge in [0.1, 0.15) is 0 Å². The number of H-pyrrole nitrogens is 1. The number of carbonyl (C=O) groups excluding carboxylic acids is 1. The van der Waals surface area contributed by atoms with Crippen LogP contribution < -0.4 is 11.0 Å². The second-order valence-corrected chi connectivity index (χ2v) is 6.65. The van der Waals surface area contributed by atoms with E-state index in [9.17, 15) is 9.59 Å². The first-order valence-electron chi connectivity index (χ1n) is 8.98. The summed E-state index contributed by atoms with van der Waals surface area (Å²) in [5.74, 6) is 0.0959. The number of nitrogens with one attached hydrogen (secondary N) is 2. The van der Waals surface area contributed by atoms with Gasteiger partial charge >= 0.3 is 5.69 Å². The Balaban J connectivity index is 1.38. The molecule has 0 bridgehead atoms. The van der Waals surface area contributed by atoms with Gasteiger partial charge in [-0.1, -0.05) is 30.3 Å². The number of anilines is 1. The standard InChI is InChI=1S/C20H22N4O2/c25-19(14-21-15-6-2-1-3-7-15)23-12-10-16(11-13-23)24-18-9-5-4-8-17(18)22-20(24)26/h1-9,16,21H,10-14H2,(H,22,26). The molecule has 26 heavy (non-hydrogen) atoms. The summed E-state index contributed by atoms with van der Waals surface area (Å²) in [6.07, 6.45) is 1.58. The summed E-state index contributed by atoms with van der Waals surface area (Å²) < 4.78 is 1.85. The highest BCUT2D eigenvalue weighted by Gasteiger charge is 2.25. The molecule has 2 N–H and O–H groups in total. The van der Waals surface area contributed by atoms with Crippen LogP contribution in [-0.4, -0.2) is 40.0 Å². The lowest BCUT2D eigenvalue weighted by Crippen LogP contribution is -2.42. The van der Waals surface area contributed by atoms with Crippen LogP contribution in [0.4, 0.5) is 5.69 Å². The number of piperidine rings is 1. The van der Waals surface area contributed by atoms with Crippen LogP contribution in [0, 0.1) is 0 Å². The van der Waals surface area contributed by atoms with E-state index >= 15 is 0 Å². The molecule has 1 fully saturated rings. The van der Waals surface area contributed by atoms with Crippen molar-refractivity contribution in [1.82, 2.24) is 14.5 Å². The molecule has 1 amide bonds. The molecule has 0 spiro atoms. The minimum absolute atomic E-state index is 0.0679. The van der Waals surface area contributed by atoms with Crippen molar-refractivity contribution in [2.75, 3.05) is 25.0 Å². The second-order valence-electron chi connectivity index (χ2n) is 6.65. The van der Waals surface area contributed by atoms with E-state index in [0.29, 0.717) is 19.6 Å². The van der Waals surface area contributed by atoms with Gasteiger partial charge in [0.15, 0.2) is 0 Å². The Bertz CT molecular complexity index is 953. The maximum atomic E-state index is 12.4. The highest BCUT2D eigenvalue weighted by atomic mass is 16.2. The third-order valence-electron chi connectivity index (χ3n) is 5.02. The fourth-order valence-corrected chi connectivity index (χ4v) is 3.66. The maximum absolute atomic E-state index is 12.4. The predicted molar refractivity (Wildman–Crippen MR) is 102 cm³/mol. The zero-order valence-electron chi connectivity index (χ0n) is 14.5. The average molecular weight is 350 g/mol. The van der Waals surface area contributed by atoms with E-state index in [1.54, 1.807) is 0 Å². The van der Waals surface area contributed by atoms with Gasteiger partial charge in [0.2, 0.25) is 5.91 Å². The zero-order chi connectivity index (χ0) is 17.9. The number of fused-ring (bicyclic) bond motifs is 1. The van der Waals surface area contributed by atoms with Gasteiger partial charge in [0.05, 0.1) is 17.6 Å². The number of aromatic nitrogens is 2. The minimum atomic E-state index is -0.0679. The van der Waals surface area contributed by atoms with E-state index in [0.717, 1.165) is 29.6 Å². The predicted octanol–water partition coefficient (Wildman–Crippen LogP) is 2.61. The molecule has 1 aliphatic heterocycles. The molecule has 0 aliphatic carbocycles.